The largest absolute Gasteiger partial charge is 0.460 e. The molecule has 218 valence electrons. The maximum Gasteiger partial charge on any atom is 0.408 e. The van der Waals surface area contributed by atoms with E-state index in [1.807, 2.05) is 91.0 Å². The molecule has 0 radical (unpaired) electrons. The SMILES string of the molecule is CC(C)(C)OC(=O)N[C@@H](CCCN[C@@H](Cc1ccccc1)C(=O)OCc1ccccc1)C(=O)OCc1ccccc1. The number of esters is 2. The zero-order valence-electron chi connectivity index (χ0n) is 24.0. The molecule has 1 amide bonds. The van der Waals surface area contributed by atoms with Crippen molar-refractivity contribution in [2.45, 2.75) is 70.9 Å². The van der Waals surface area contributed by atoms with Gasteiger partial charge in [0.15, 0.2) is 0 Å². The molecule has 0 saturated carbocycles. The molecular weight excluding hydrogens is 520 g/mol. The molecule has 2 atom stereocenters. The van der Waals surface area contributed by atoms with Gasteiger partial charge in [0.05, 0.1) is 0 Å². The van der Waals surface area contributed by atoms with E-state index in [4.69, 9.17) is 14.2 Å². The highest BCUT2D eigenvalue weighted by atomic mass is 16.6. The number of hydrogen-bond acceptors (Lipinski definition) is 7. The average Bonchev–Trinajstić information content (AvgIpc) is 2.96. The third kappa shape index (κ3) is 12.3. The van der Waals surface area contributed by atoms with E-state index in [-0.39, 0.29) is 25.6 Å². The lowest BCUT2D eigenvalue weighted by Gasteiger charge is -2.23. The molecule has 3 aromatic rings. The Morgan fingerprint density at radius 1 is 0.683 bits per heavy atom. The molecule has 3 rings (SSSR count). The number of hydrogen-bond donors (Lipinski definition) is 2. The quantitative estimate of drug-likeness (QED) is 0.156. The number of nitrogens with one attached hydrogen (secondary N) is 2. The van der Waals surface area contributed by atoms with Crippen LogP contribution in [-0.2, 0) is 43.4 Å². The summed E-state index contributed by atoms with van der Waals surface area (Å²) >= 11 is 0. The molecule has 0 unspecified atom stereocenters. The Morgan fingerprint density at radius 3 is 1.63 bits per heavy atom. The standard InChI is InChI=1S/C33H40N2O6/c1-33(2,3)41-32(38)35-28(30(36)39-23-26-16-9-5-10-17-26)20-13-21-34-29(22-25-14-7-4-8-15-25)31(37)40-24-27-18-11-6-12-19-27/h4-12,14-19,28-29,34H,13,20-24H2,1-3H3,(H,35,38)/t28-,29-/m0/s1. The second kappa shape index (κ2) is 16.2. The number of carbonyl (C=O) groups excluding carboxylic acids is 3. The number of benzene rings is 3. The van der Waals surface area contributed by atoms with Crippen molar-refractivity contribution in [2.24, 2.45) is 0 Å². The van der Waals surface area contributed by atoms with Crippen LogP contribution in [0.4, 0.5) is 4.79 Å². The number of ether oxygens (including phenoxy) is 3. The zero-order valence-corrected chi connectivity index (χ0v) is 24.0. The molecule has 8 heteroatoms. The van der Waals surface area contributed by atoms with Crippen molar-refractivity contribution in [3.8, 4) is 0 Å². The van der Waals surface area contributed by atoms with Gasteiger partial charge in [-0.05, 0) is 63.3 Å². The van der Waals surface area contributed by atoms with E-state index < -0.39 is 29.7 Å². The molecule has 8 nitrogen and oxygen atoms in total. The first kappa shape index (κ1) is 31.4. The lowest BCUT2D eigenvalue weighted by Crippen LogP contribution is -2.45. The molecule has 0 fully saturated rings. The lowest BCUT2D eigenvalue weighted by atomic mass is 10.1. The van der Waals surface area contributed by atoms with E-state index in [9.17, 15) is 14.4 Å². The van der Waals surface area contributed by atoms with Crippen LogP contribution in [-0.4, -0.2) is 42.3 Å². The van der Waals surface area contributed by atoms with Gasteiger partial charge in [-0.3, -0.25) is 4.79 Å². The highest BCUT2D eigenvalue weighted by Crippen LogP contribution is 2.11. The van der Waals surface area contributed by atoms with Gasteiger partial charge in [-0.15, -0.1) is 0 Å². The molecule has 0 heterocycles. The van der Waals surface area contributed by atoms with Gasteiger partial charge in [-0.2, -0.15) is 0 Å². The van der Waals surface area contributed by atoms with Crippen LogP contribution >= 0.6 is 0 Å². The summed E-state index contributed by atoms with van der Waals surface area (Å²) in [6, 6.07) is 27.1. The fraction of sp³-hybridized carbons (Fsp3) is 0.364. The van der Waals surface area contributed by atoms with Crippen molar-refractivity contribution in [3.63, 3.8) is 0 Å². The number of rotatable bonds is 14. The summed E-state index contributed by atoms with van der Waals surface area (Å²) in [5.41, 5.74) is 2.03. The topological polar surface area (TPSA) is 103 Å². The molecule has 3 aromatic carbocycles. The van der Waals surface area contributed by atoms with Crippen LogP contribution < -0.4 is 10.6 Å². The summed E-state index contributed by atoms with van der Waals surface area (Å²) in [5.74, 6) is -0.911. The minimum Gasteiger partial charge on any atom is -0.460 e. The molecule has 0 aliphatic carbocycles. The van der Waals surface area contributed by atoms with Crippen molar-refractivity contribution >= 4 is 18.0 Å². The molecule has 0 aliphatic rings. The van der Waals surface area contributed by atoms with E-state index in [0.717, 1.165) is 16.7 Å². The maximum atomic E-state index is 13.0. The average molecular weight is 561 g/mol. The lowest BCUT2D eigenvalue weighted by molar-refractivity contribution is -0.148. The summed E-state index contributed by atoms with van der Waals surface area (Å²) in [7, 11) is 0. The third-order valence-corrected chi connectivity index (χ3v) is 6.05. The van der Waals surface area contributed by atoms with Crippen molar-refractivity contribution in [3.05, 3.63) is 108 Å². The predicted molar refractivity (Wildman–Crippen MR) is 157 cm³/mol. The summed E-state index contributed by atoms with van der Waals surface area (Å²) in [4.78, 5) is 38.4. The van der Waals surface area contributed by atoms with E-state index >= 15 is 0 Å². The Balaban J connectivity index is 1.58. The van der Waals surface area contributed by atoms with Crippen LogP contribution in [0.5, 0.6) is 0 Å². The Morgan fingerprint density at radius 2 is 1.15 bits per heavy atom. The van der Waals surface area contributed by atoms with Crippen LogP contribution in [0.3, 0.4) is 0 Å². The van der Waals surface area contributed by atoms with Crippen molar-refractivity contribution in [1.29, 1.82) is 0 Å². The first-order chi connectivity index (χ1) is 19.7. The fourth-order valence-electron chi connectivity index (χ4n) is 4.03. The normalized spacial score (nSPS) is 12.6. The van der Waals surface area contributed by atoms with Gasteiger partial charge in [-0.25, -0.2) is 9.59 Å². The molecule has 0 saturated heterocycles. The van der Waals surface area contributed by atoms with Gasteiger partial charge >= 0.3 is 18.0 Å². The zero-order chi connectivity index (χ0) is 29.5. The number of alkyl carbamates (subject to hydrolysis) is 1. The predicted octanol–water partition coefficient (Wildman–Crippen LogP) is 5.35. The van der Waals surface area contributed by atoms with Gasteiger partial charge in [-0.1, -0.05) is 91.0 Å². The number of carbonyl (C=O) groups is 3. The molecule has 0 bridgehead atoms. The van der Waals surface area contributed by atoms with Gasteiger partial charge in [0, 0.05) is 0 Å². The summed E-state index contributed by atoms with van der Waals surface area (Å²) in [6.07, 6.45) is 0.529. The smallest absolute Gasteiger partial charge is 0.408 e. The van der Waals surface area contributed by atoms with E-state index in [1.165, 1.54) is 0 Å². The van der Waals surface area contributed by atoms with Crippen molar-refractivity contribution < 1.29 is 28.6 Å². The minimum absolute atomic E-state index is 0.0941. The van der Waals surface area contributed by atoms with E-state index in [0.29, 0.717) is 19.4 Å². The number of amides is 1. The van der Waals surface area contributed by atoms with Gasteiger partial charge < -0.3 is 24.8 Å². The molecular formula is C33H40N2O6. The summed E-state index contributed by atoms with van der Waals surface area (Å²) in [6.45, 7) is 5.95. The molecule has 0 aliphatic heterocycles. The first-order valence-electron chi connectivity index (χ1n) is 13.9. The molecule has 41 heavy (non-hydrogen) atoms. The van der Waals surface area contributed by atoms with E-state index in [2.05, 4.69) is 10.6 Å². The van der Waals surface area contributed by atoms with Crippen LogP contribution in [0.1, 0.15) is 50.3 Å². The van der Waals surface area contributed by atoms with Crippen molar-refractivity contribution in [2.75, 3.05) is 6.54 Å². The highest BCUT2D eigenvalue weighted by molar-refractivity contribution is 5.81. The Hall–Kier alpha value is -4.17. The van der Waals surface area contributed by atoms with Gasteiger partial charge in [0.1, 0.15) is 30.9 Å². The Labute approximate surface area is 242 Å². The Bertz CT molecular complexity index is 1210. The molecule has 2 N–H and O–H groups in total. The summed E-state index contributed by atoms with van der Waals surface area (Å²) < 4.78 is 16.4. The first-order valence-corrected chi connectivity index (χ1v) is 13.9. The fourth-order valence-corrected chi connectivity index (χ4v) is 4.03. The summed E-state index contributed by atoms with van der Waals surface area (Å²) in [5, 5.41) is 5.92. The van der Waals surface area contributed by atoms with Crippen LogP contribution in [0.25, 0.3) is 0 Å². The maximum absolute atomic E-state index is 13.0. The minimum atomic E-state index is -0.909. The second-order valence-corrected chi connectivity index (χ2v) is 10.7. The van der Waals surface area contributed by atoms with Gasteiger partial charge in [0.25, 0.3) is 0 Å². The molecule has 0 spiro atoms. The monoisotopic (exact) mass is 560 g/mol. The molecule has 0 aromatic heterocycles. The van der Waals surface area contributed by atoms with Gasteiger partial charge in [0.2, 0.25) is 0 Å². The third-order valence-electron chi connectivity index (χ3n) is 6.05. The highest BCUT2D eigenvalue weighted by Gasteiger charge is 2.26. The van der Waals surface area contributed by atoms with Crippen molar-refractivity contribution in [1.82, 2.24) is 10.6 Å². The van der Waals surface area contributed by atoms with Crippen LogP contribution in [0, 0.1) is 0 Å². The van der Waals surface area contributed by atoms with E-state index in [1.54, 1.807) is 20.8 Å². The van der Waals surface area contributed by atoms with Crippen LogP contribution in [0.15, 0.2) is 91.0 Å². The Kier molecular flexibility index (Phi) is 12.4. The second-order valence-electron chi connectivity index (χ2n) is 10.7. The van der Waals surface area contributed by atoms with Crippen LogP contribution in [0.2, 0.25) is 0 Å².